The lowest BCUT2D eigenvalue weighted by Crippen LogP contribution is -2.09. The summed E-state index contributed by atoms with van der Waals surface area (Å²) in [4.78, 5) is 0.332. The maximum Gasteiger partial charge on any atom is 0.175 e. The van der Waals surface area contributed by atoms with Gasteiger partial charge in [0.15, 0.2) is 9.84 Å². The smallest absolute Gasteiger partial charge is 0.175 e. The highest BCUT2D eigenvalue weighted by atomic mass is 35.5. The second-order valence-corrected chi connectivity index (χ2v) is 5.38. The van der Waals surface area contributed by atoms with Gasteiger partial charge in [0, 0.05) is 12.3 Å². The molecule has 2 N–H and O–H groups in total. The predicted octanol–water partition coefficient (Wildman–Crippen LogP) is 1.92. The Balaban J connectivity index is 0.00000196. The Labute approximate surface area is 97.0 Å². The van der Waals surface area contributed by atoms with Crippen LogP contribution in [-0.2, 0) is 9.84 Å². The maximum absolute atomic E-state index is 11.3. The van der Waals surface area contributed by atoms with Crippen LogP contribution in [0.1, 0.15) is 24.9 Å². The van der Waals surface area contributed by atoms with Crippen LogP contribution >= 0.6 is 12.4 Å². The minimum atomic E-state index is -3.12. The largest absolute Gasteiger partial charge is 0.324 e. The molecule has 0 aliphatic heterocycles. The molecule has 0 aliphatic carbocycles. The summed E-state index contributed by atoms with van der Waals surface area (Å²) in [5.41, 5.74) is 6.68. The Morgan fingerprint density at radius 1 is 1.40 bits per heavy atom. The van der Waals surface area contributed by atoms with Crippen molar-refractivity contribution in [2.24, 2.45) is 5.73 Å². The number of halogens is 1. The van der Waals surface area contributed by atoms with E-state index in [0.717, 1.165) is 12.0 Å². The maximum atomic E-state index is 11.3. The van der Waals surface area contributed by atoms with Crippen molar-refractivity contribution in [3.8, 4) is 0 Å². The quantitative estimate of drug-likeness (QED) is 0.890. The molecule has 0 unspecified atom stereocenters. The summed E-state index contributed by atoms with van der Waals surface area (Å²) in [5, 5.41) is 0. The van der Waals surface area contributed by atoms with Gasteiger partial charge in [-0.3, -0.25) is 0 Å². The number of sulfone groups is 1. The van der Waals surface area contributed by atoms with Gasteiger partial charge in [-0.05, 0) is 24.1 Å². The zero-order chi connectivity index (χ0) is 10.8. The van der Waals surface area contributed by atoms with Crippen molar-refractivity contribution < 1.29 is 8.42 Å². The zero-order valence-corrected chi connectivity index (χ0v) is 10.4. The van der Waals surface area contributed by atoms with Crippen LogP contribution in [0.5, 0.6) is 0 Å². The first-order valence-electron chi connectivity index (χ1n) is 4.50. The summed E-state index contributed by atoms with van der Waals surface area (Å²) < 4.78 is 22.5. The van der Waals surface area contributed by atoms with Gasteiger partial charge in [0.05, 0.1) is 4.90 Å². The Bertz CT molecular complexity index is 417. The third-order valence-corrected chi connectivity index (χ3v) is 3.26. The fourth-order valence-corrected chi connectivity index (χ4v) is 1.89. The minimum Gasteiger partial charge on any atom is -0.324 e. The molecular weight excluding hydrogens is 234 g/mol. The van der Waals surface area contributed by atoms with E-state index in [0.29, 0.717) is 4.90 Å². The summed E-state index contributed by atoms with van der Waals surface area (Å²) in [7, 11) is -3.12. The Hall–Kier alpha value is -0.580. The van der Waals surface area contributed by atoms with Gasteiger partial charge in [0.1, 0.15) is 0 Å². The summed E-state index contributed by atoms with van der Waals surface area (Å²) in [6, 6.07) is 6.71. The van der Waals surface area contributed by atoms with E-state index < -0.39 is 9.84 Å². The molecule has 0 bridgehead atoms. The van der Waals surface area contributed by atoms with Gasteiger partial charge in [-0.2, -0.15) is 0 Å². The van der Waals surface area contributed by atoms with Gasteiger partial charge in [-0.15, -0.1) is 12.4 Å². The molecule has 15 heavy (non-hydrogen) atoms. The van der Waals surface area contributed by atoms with Gasteiger partial charge in [-0.25, -0.2) is 8.42 Å². The van der Waals surface area contributed by atoms with E-state index in [1.165, 1.54) is 6.26 Å². The lowest BCUT2D eigenvalue weighted by Gasteiger charge is -2.09. The molecular formula is C10H16ClNO2S. The van der Waals surface area contributed by atoms with Crippen LogP contribution in [0.25, 0.3) is 0 Å². The van der Waals surface area contributed by atoms with E-state index in [9.17, 15) is 8.42 Å². The molecule has 0 saturated carbocycles. The first-order chi connectivity index (χ1) is 6.45. The van der Waals surface area contributed by atoms with Crippen molar-refractivity contribution in [1.82, 2.24) is 0 Å². The highest BCUT2D eigenvalue weighted by Crippen LogP contribution is 2.17. The summed E-state index contributed by atoms with van der Waals surface area (Å²) >= 11 is 0. The van der Waals surface area contributed by atoms with Gasteiger partial charge in [-0.1, -0.05) is 19.1 Å². The van der Waals surface area contributed by atoms with E-state index >= 15 is 0 Å². The average Bonchev–Trinajstić information content (AvgIpc) is 2.15. The normalized spacial score (nSPS) is 13.0. The molecule has 0 fully saturated rings. The van der Waals surface area contributed by atoms with Gasteiger partial charge in [0.2, 0.25) is 0 Å². The van der Waals surface area contributed by atoms with E-state index in [4.69, 9.17) is 5.73 Å². The Morgan fingerprint density at radius 2 is 2.00 bits per heavy atom. The Morgan fingerprint density at radius 3 is 2.47 bits per heavy atom. The van der Waals surface area contributed by atoms with Crippen LogP contribution in [0.3, 0.4) is 0 Å². The van der Waals surface area contributed by atoms with Crippen molar-refractivity contribution in [2.45, 2.75) is 24.3 Å². The summed E-state index contributed by atoms with van der Waals surface area (Å²) in [5.74, 6) is 0. The van der Waals surface area contributed by atoms with Gasteiger partial charge < -0.3 is 5.73 Å². The van der Waals surface area contributed by atoms with Crippen molar-refractivity contribution in [1.29, 1.82) is 0 Å². The molecule has 0 aromatic heterocycles. The highest BCUT2D eigenvalue weighted by molar-refractivity contribution is 7.90. The van der Waals surface area contributed by atoms with Gasteiger partial charge in [0.25, 0.3) is 0 Å². The zero-order valence-electron chi connectivity index (χ0n) is 8.80. The molecule has 5 heteroatoms. The van der Waals surface area contributed by atoms with E-state index in [2.05, 4.69) is 0 Å². The predicted molar refractivity (Wildman–Crippen MR) is 64.0 cm³/mol. The molecule has 0 aliphatic rings. The molecule has 0 spiro atoms. The minimum absolute atomic E-state index is 0. The number of hydrogen-bond donors (Lipinski definition) is 1. The van der Waals surface area contributed by atoms with Crippen molar-refractivity contribution >= 4 is 22.2 Å². The molecule has 1 aromatic rings. The summed E-state index contributed by atoms with van der Waals surface area (Å²) in [6.07, 6.45) is 2.00. The average molecular weight is 250 g/mol. The molecule has 0 radical (unpaired) electrons. The molecule has 1 aromatic carbocycles. The molecule has 0 amide bonds. The van der Waals surface area contributed by atoms with Crippen molar-refractivity contribution in [3.05, 3.63) is 29.8 Å². The Kier molecular flexibility index (Phi) is 5.28. The molecule has 0 saturated heterocycles. The van der Waals surface area contributed by atoms with Crippen molar-refractivity contribution in [2.75, 3.05) is 6.26 Å². The fourth-order valence-electron chi connectivity index (χ4n) is 1.21. The van der Waals surface area contributed by atoms with E-state index in [1.807, 2.05) is 13.0 Å². The SMILES string of the molecule is CC[C@@H](N)c1cccc(S(C)(=O)=O)c1.Cl. The number of nitrogens with two attached hydrogens (primary N) is 1. The first-order valence-corrected chi connectivity index (χ1v) is 6.40. The molecule has 1 atom stereocenters. The van der Waals surface area contributed by atoms with Crippen molar-refractivity contribution in [3.63, 3.8) is 0 Å². The molecule has 86 valence electrons. The van der Waals surface area contributed by atoms with Crippen LogP contribution in [0, 0.1) is 0 Å². The van der Waals surface area contributed by atoms with Crippen LogP contribution in [0.4, 0.5) is 0 Å². The standard InChI is InChI=1S/C10H15NO2S.ClH/c1-3-10(11)8-5-4-6-9(7-8)14(2,12)13;/h4-7,10H,3,11H2,1-2H3;1H/t10-;/m1./s1. The highest BCUT2D eigenvalue weighted by Gasteiger charge is 2.09. The van der Waals surface area contributed by atoms with Crippen LogP contribution in [0.2, 0.25) is 0 Å². The number of rotatable bonds is 3. The lowest BCUT2D eigenvalue weighted by atomic mass is 10.1. The molecule has 1 rings (SSSR count). The molecule has 0 heterocycles. The monoisotopic (exact) mass is 249 g/mol. The fraction of sp³-hybridized carbons (Fsp3) is 0.400. The van der Waals surface area contributed by atoms with Crippen LogP contribution < -0.4 is 5.73 Å². The third kappa shape index (κ3) is 3.81. The van der Waals surface area contributed by atoms with Gasteiger partial charge >= 0.3 is 0 Å². The summed E-state index contributed by atoms with van der Waals surface area (Å²) in [6.45, 7) is 1.97. The van der Waals surface area contributed by atoms with E-state index in [1.54, 1.807) is 18.2 Å². The third-order valence-electron chi connectivity index (χ3n) is 2.15. The number of hydrogen-bond acceptors (Lipinski definition) is 3. The second-order valence-electron chi connectivity index (χ2n) is 3.36. The van der Waals surface area contributed by atoms with E-state index in [-0.39, 0.29) is 18.4 Å². The molecule has 3 nitrogen and oxygen atoms in total. The first kappa shape index (κ1) is 14.4. The number of benzene rings is 1. The van der Waals surface area contributed by atoms with Crippen LogP contribution in [0.15, 0.2) is 29.2 Å². The van der Waals surface area contributed by atoms with Crippen LogP contribution in [-0.4, -0.2) is 14.7 Å². The second kappa shape index (κ2) is 5.49. The topological polar surface area (TPSA) is 60.2 Å². The lowest BCUT2D eigenvalue weighted by molar-refractivity contribution is 0.601.